The van der Waals surface area contributed by atoms with E-state index in [1.807, 2.05) is 30.9 Å². The summed E-state index contributed by atoms with van der Waals surface area (Å²) >= 11 is 5.88. The molecule has 4 nitrogen and oxygen atoms in total. The van der Waals surface area contributed by atoms with Crippen LogP contribution in [-0.2, 0) is 20.1 Å². The van der Waals surface area contributed by atoms with E-state index >= 15 is 0 Å². The van der Waals surface area contributed by atoms with Crippen LogP contribution in [0.25, 0.3) is 0 Å². The number of aromatic nitrogens is 2. The first-order valence-electron chi connectivity index (χ1n) is 5.68. The van der Waals surface area contributed by atoms with Crippen LogP contribution in [0.4, 0.5) is 0 Å². The minimum absolute atomic E-state index is 0.118. The Morgan fingerprint density at radius 3 is 2.78 bits per heavy atom. The van der Waals surface area contributed by atoms with Crippen LogP contribution in [0.5, 0.6) is 5.75 Å². The summed E-state index contributed by atoms with van der Waals surface area (Å²) in [4.78, 5) is 6.43. The molecule has 1 heterocycles. The molecule has 18 heavy (non-hydrogen) atoms. The quantitative estimate of drug-likeness (QED) is 0.923. The molecule has 0 aliphatic heterocycles. The van der Waals surface area contributed by atoms with Crippen LogP contribution in [-0.4, -0.2) is 26.6 Å². The summed E-state index contributed by atoms with van der Waals surface area (Å²) in [6.07, 6.45) is 3.72. The van der Waals surface area contributed by atoms with Gasteiger partial charge in [-0.05, 0) is 24.7 Å². The molecule has 0 unspecified atom stereocenters. The van der Waals surface area contributed by atoms with Crippen LogP contribution in [0.3, 0.4) is 0 Å². The highest BCUT2D eigenvalue weighted by Crippen LogP contribution is 2.24. The zero-order chi connectivity index (χ0) is 13.1. The van der Waals surface area contributed by atoms with Crippen molar-refractivity contribution in [2.45, 2.75) is 13.1 Å². The molecule has 0 saturated heterocycles. The Hall–Kier alpha value is -1.52. The molecule has 0 aliphatic rings. The zero-order valence-corrected chi connectivity index (χ0v) is 11.2. The number of aryl methyl sites for hydroxylation is 1. The van der Waals surface area contributed by atoms with Gasteiger partial charge in [0.2, 0.25) is 0 Å². The zero-order valence-electron chi connectivity index (χ0n) is 10.5. The van der Waals surface area contributed by atoms with Crippen molar-refractivity contribution in [3.05, 3.63) is 47.0 Å². The molecule has 0 fully saturated rings. The molecule has 5 heteroatoms. The lowest BCUT2D eigenvalue weighted by atomic mass is 10.2. The maximum absolute atomic E-state index is 9.36. The number of halogens is 1. The summed E-state index contributed by atoms with van der Waals surface area (Å²) in [5.74, 6) is 1.13. The van der Waals surface area contributed by atoms with Gasteiger partial charge in [0, 0.05) is 26.0 Å². The van der Waals surface area contributed by atoms with Crippen LogP contribution in [0.2, 0.25) is 5.02 Å². The Balaban J connectivity index is 2.01. The smallest absolute Gasteiger partial charge is 0.134 e. The van der Waals surface area contributed by atoms with E-state index in [1.54, 1.807) is 18.3 Å². The Bertz CT molecular complexity index is 539. The minimum Gasteiger partial charge on any atom is -0.506 e. The van der Waals surface area contributed by atoms with E-state index in [9.17, 15) is 5.11 Å². The topological polar surface area (TPSA) is 41.3 Å². The first-order chi connectivity index (χ1) is 8.56. The fourth-order valence-corrected chi connectivity index (χ4v) is 2.01. The predicted octanol–water partition coefficient (Wildman–Crippen LogP) is 2.41. The molecule has 0 spiro atoms. The van der Waals surface area contributed by atoms with Crippen molar-refractivity contribution in [1.29, 1.82) is 0 Å². The van der Waals surface area contributed by atoms with Gasteiger partial charge in [-0.2, -0.15) is 0 Å². The fourth-order valence-electron chi connectivity index (χ4n) is 1.81. The van der Waals surface area contributed by atoms with E-state index in [2.05, 4.69) is 9.88 Å². The van der Waals surface area contributed by atoms with Crippen molar-refractivity contribution in [3.8, 4) is 5.75 Å². The summed E-state index contributed by atoms with van der Waals surface area (Å²) in [5, 5.41) is 9.75. The lowest BCUT2D eigenvalue weighted by molar-refractivity contribution is 0.307. The van der Waals surface area contributed by atoms with Gasteiger partial charge in [0.05, 0.1) is 11.6 Å². The number of phenolic OH excluding ortho intramolecular Hbond substituents is 1. The van der Waals surface area contributed by atoms with Crippen LogP contribution >= 0.6 is 11.6 Å². The van der Waals surface area contributed by atoms with Gasteiger partial charge in [0.15, 0.2) is 0 Å². The molecule has 1 N–H and O–H groups in total. The number of aromatic hydroxyl groups is 1. The van der Waals surface area contributed by atoms with Gasteiger partial charge in [-0.25, -0.2) is 4.98 Å². The van der Waals surface area contributed by atoms with E-state index in [4.69, 9.17) is 11.6 Å². The fraction of sp³-hybridized carbons (Fsp3) is 0.308. The predicted molar refractivity (Wildman–Crippen MR) is 71.5 cm³/mol. The normalized spacial score (nSPS) is 11.1. The van der Waals surface area contributed by atoms with E-state index in [-0.39, 0.29) is 5.75 Å². The van der Waals surface area contributed by atoms with E-state index in [0.717, 1.165) is 24.5 Å². The number of imidazole rings is 1. The highest BCUT2D eigenvalue weighted by Gasteiger charge is 2.06. The summed E-state index contributed by atoms with van der Waals surface area (Å²) in [5.41, 5.74) is 1.06. The van der Waals surface area contributed by atoms with Crippen molar-refractivity contribution in [1.82, 2.24) is 14.5 Å². The molecular weight excluding hydrogens is 250 g/mol. The maximum atomic E-state index is 9.36. The average molecular weight is 266 g/mol. The Morgan fingerprint density at radius 2 is 2.17 bits per heavy atom. The van der Waals surface area contributed by atoms with Crippen molar-refractivity contribution in [2.24, 2.45) is 7.05 Å². The molecule has 0 saturated carbocycles. The lowest BCUT2D eigenvalue weighted by Crippen LogP contribution is -2.19. The molecule has 0 amide bonds. The third kappa shape index (κ3) is 3.03. The van der Waals surface area contributed by atoms with Gasteiger partial charge >= 0.3 is 0 Å². The standard InChI is InChI=1S/C13H16ClN3O/c1-16(9-13-15-5-6-17(13)2)8-10-3-4-12(18)11(14)7-10/h3-7,18H,8-9H2,1-2H3. The third-order valence-corrected chi connectivity index (χ3v) is 3.10. The molecule has 1 aromatic carbocycles. The van der Waals surface area contributed by atoms with Crippen molar-refractivity contribution < 1.29 is 5.11 Å². The molecule has 2 rings (SSSR count). The van der Waals surface area contributed by atoms with Gasteiger partial charge in [0.25, 0.3) is 0 Å². The van der Waals surface area contributed by atoms with Gasteiger partial charge in [-0.15, -0.1) is 0 Å². The summed E-state index contributed by atoms with van der Waals surface area (Å²) in [7, 11) is 4.00. The van der Waals surface area contributed by atoms with Gasteiger partial charge < -0.3 is 9.67 Å². The molecule has 96 valence electrons. The maximum Gasteiger partial charge on any atom is 0.134 e. The Kier molecular flexibility index (Phi) is 3.89. The second-order valence-electron chi connectivity index (χ2n) is 4.41. The summed E-state index contributed by atoms with van der Waals surface area (Å²) < 4.78 is 2.00. The molecule has 1 aromatic heterocycles. The number of hydrogen-bond acceptors (Lipinski definition) is 3. The molecule has 0 bridgehead atoms. The van der Waals surface area contributed by atoms with Crippen LogP contribution < -0.4 is 0 Å². The van der Waals surface area contributed by atoms with Crippen molar-refractivity contribution >= 4 is 11.6 Å². The Morgan fingerprint density at radius 1 is 1.39 bits per heavy atom. The highest BCUT2D eigenvalue weighted by molar-refractivity contribution is 6.32. The molecular formula is C13H16ClN3O. The average Bonchev–Trinajstić information content (AvgIpc) is 2.70. The molecule has 0 atom stereocenters. The van der Waals surface area contributed by atoms with E-state index in [1.165, 1.54) is 0 Å². The van der Waals surface area contributed by atoms with Gasteiger partial charge in [-0.1, -0.05) is 17.7 Å². The van der Waals surface area contributed by atoms with E-state index in [0.29, 0.717) is 5.02 Å². The number of phenols is 1. The first kappa shape index (κ1) is 12.9. The number of nitrogens with zero attached hydrogens (tertiary/aromatic N) is 3. The summed E-state index contributed by atoms with van der Waals surface area (Å²) in [6.45, 7) is 1.52. The SMILES string of the molecule is CN(Cc1ccc(O)c(Cl)c1)Cc1nccn1C. The monoisotopic (exact) mass is 265 g/mol. The highest BCUT2D eigenvalue weighted by atomic mass is 35.5. The van der Waals surface area contributed by atoms with Crippen LogP contribution in [0.15, 0.2) is 30.6 Å². The minimum atomic E-state index is 0.118. The molecule has 0 radical (unpaired) electrons. The van der Waals surface area contributed by atoms with Crippen molar-refractivity contribution in [3.63, 3.8) is 0 Å². The lowest BCUT2D eigenvalue weighted by Gasteiger charge is -2.16. The number of rotatable bonds is 4. The third-order valence-electron chi connectivity index (χ3n) is 2.80. The second kappa shape index (κ2) is 5.42. The number of hydrogen-bond donors (Lipinski definition) is 1. The Labute approximate surface area is 111 Å². The van der Waals surface area contributed by atoms with Crippen molar-refractivity contribution in [2.75, 3.05) is 7.05 Å². The van der Waals surface area contributed by atoms with Crippen LogP contribution in [0.1, 0.15) is 11.4 Å². The largest absolute Gasteiger partial charge is 0.506 e. The first-order valence-corrected chi connectivity index (χ1v) is 6.06. The van der Waals surface area contributed by atoms with Gasteiger partial charge in [-0.3, -0.25) is 4.90 Å². The molecule has 2 aromatic rings. The van der Waals surface area contributed by atoms with Crippen LogP contribution in [0, 0.1) is 0 Å². The van der Waals surface area contributed by atoms with Gasteiger partial charge in [0.1, 0.15) is 11.6 Å². The summed E-state index contributed by atoms with van der Waals surface area (Å²) in [6, 6.07) is 5.27. The second-order valence-corrected chi connectivity index (χ2v) is 4.82. The molecule has 0 aliphatic carbocycles. The van der Waals surface area contributed by atoms with E-state index < -0.39 is 0 Å². The number of benzene rings is 1.